The molecule has 0 aliphatic carbocycles. The van der Waals surface area contributed by atoms with Crippen molar-refractivity contribution in [2.75, 3.05) is 19.6 Å². The van der Waals surface area contributed by atoms with Gasteiger partial charge in [-0.3, -0.25) is 15.0 Å². The number of benzene rings is 1. The Bertz CT molecular complexity index is 453. The molecule has 1 aromatic carbocycles. The van der Waals surface area contributed by atoms with Crippen LogP contribution in [0.25, 0.3) is 0 Å². The van der Waals surface area contributed by atoms with Crippen LogP contribution in [0.15, 0.2) is 18.2 Å². The van der Waals surface area contributed by atoms with Crippen molar-refractivity contribution < 1.29 is 9.31 Å². The number of hydrogen-bond donors (Lipinski definition) is 1. The lowest BCUT2D eigenvalue weighted by Gasteiger charge is -2.15. The number of nitrogens with two attached hydrogens (primary N) is 1. The molecule has 1 heterocycles. The lowest BCUT2D eigenvalue weighted by atomic mass is 10.1. The van der Waals surface area contributed by atoms with Crippen molar-refractivity contribution in [2.45, 2.75) is 13.0 Å². The first kappa shape index (κ1) is 12.9. The number of likely N-dealkylation sites (tertiary alicyclic amines) is 1. The first-order valence-corrected chi connectivity index (χ1v) is 5.95. The van der Waals surface area contributed by atoms with Gasteiger partial charge in [-0.2, -0.15) is 0 Å². The van der Waals surface area contributed by atoms with Crippen LogP contribution in [0.1, 0.15) is 12.0 Å². The summed E-state index contributed by atoms with van der Waals surface area (Å²) >= 11 is 0. The van der Waals surface area contributed by atoms with Gasteiger partial charge >= 0.3 is 0 Å². The third-order valence-corrected chi connectivity index (χ3v) is 3.34. The van der Waals surface area contributed by atoms with Crippen LogP contribution in [0.5, 0.6) is 0 Å². The van der Waals surface area contributed by atoms with Crippen LogP contribution in [-0.2, 0) is 6.54 Å². The van der Waals surface area contributed by atoms with Gasteiger partial charge in [0, 0.05) is 24.7 Å². The average molecular weight is 253 g/mol. The normalized spacial score (nSPS) is 20.2. The molecule has 2 rings (SSSR count). The monoisotopic (exact) mass is 253 g/mol. The number of rotatable bonds is 4. The van der Waals surface area contributed by atoms with E-state index in [1.54, 1.807) is 0 Å². The van der Waals surface area contributed by atoms with Crippen molar-refractivity contribution in [1.82, 2.24) is 4.90 Å². The summed E-state index contributed by atoms with van der Waals surface area (Å²) in [7, 11) is 0. The fraction of sp³-hybridized carbons (Fsp3) is 0.500. The SMILES string of the molecule is NCC1CCN(Cc2ccc([N+](=O)[O-])cc2F)C1. The number of nitro benzene ring substituents is 1. The predicted octanol–water partition coefficient (Wildman–Crippen LogP) is 1.51. The summed E-state index contributed by atoms with van der Waals surface area (Å²) in [6.07, 6.45) is 1.03. The number of hydrogen-bond acceptors (Lipinski definition) is 4. The Hall–Kier alpha value is -1.53. The Labute approximate surface area is 105 Å². The average Bonchev–Trinajstić information content (AvgIpc) is 2.79. The molecule has 1 fully saturated rings. The standard InChI is InChI=1S/C12H16FN3O2/c13-12-5-11(16(17)18)2-1-10(12)8-15-4-3-9(6-14)7-15/h1-2,5,9H,3-4,6-8,14H2. The molecule has 5 nitrogen and oxygen atoms in total. The highest BCUT2D eigenvalue weighted by molar-refractivity contribution is 5.34. The summed E-state index contributed by atoms with van der Waals surface area (Å²) in [5.74, 6) is -0.0356. The van der Waals surface area contributed by atoms with Gasteiger partial charge < -0.3 is 5.73 Å². The van der Waals surface area contributed by atoms with E-state index in [-0.39, 0.29) is 5.69 Å². The molecular weight excluding hydrogens is 237 g/mol. The molecule has 1 aliphatic rings. The van der Waals surface area contributed by atoms with E-state index in [9.17, 15) is 14.5 Å². The topological polar surface area (TPSA) is 72.4 Å². The second-order valence-electron chi connectivity index (χ2n) is 4.66. The fourth-order valence-corrected chi connectivity index (χ4v) is 2.27. The van der Waals surface area contributed by atoms with Gasteiger partial charge in [-0.25, -0.2) is 4.39 Å². The highest BCUT2D eigenvalue weighted by Gasteiger charge is 2.22. The molecule has 1 aliphatic heterocycles. The Morgan fingerprint density at radius 3 is 2.89 bits per heavy atom. The Morgan fingerprint density at radius 1 is 1.56 bits per heavy atom. The van der Waals surface area contributed by atoms with E-state index in [2.05, 4.69) is 4.90 Å². The largest absolute Gasteiger partial charge is 0.330 e. The molecule has 1 saturated heterocycles. The zero-order chi connectivity index (χ0) is 13.1. The van der Waals surface area contributed by atoms with Crippen LogP contribution in [0.4, 0.5) is 10.1 Å². The summed E-state index contributed by atoms with van der Waals surface area (Å²) in [5.41, 5.74) is 5.88. The van der Waals surface area contributed by atoms with Gasteiger partial charge in [0.1, 0.15) is 5.82 Å². The molecule has 98 valence electrons. The lowest BCUT2D eigenvalue weighted by molar-refractivity contribution is -0.385. The summed E-state index contributed by atoms with van der Waals surface area (Å²) in [4.78, 5) is 12.0. The molecule has 0 bridgehead atoms. The molecule has 0 saturated carbocycles. The molecule has 18 heavy (non-hydrogen) atoms. The summed E-state index contributed by atoms with van der Waals surface area (Å²) in [6, 6.07) is 3.81. The van der Waals surface area contributed by atoms with E-state index < -0.39 is 10.7 Å². The number of nitro groups is 1. The van der Waals surface area contributed by atoms with Gasteiger partial charge in [-0.15, -0.1) is 0 Å². The molecule has 0 radical (unpaired) electrons. The van der Waals surface area contributed by atoms with Gasteiger partial charge in [0.15, 0.2) is 0 Å². The molecule has 1 aromatic rings. The molecule has 1 atom stereocenters. The first-order valence-electron chi connectivity index (χ1n) is 5.95. The smallest absolute Gasteiger partial charge is 0.272 e. The highest BCUT2D eigenvalue weighted by atomic mass is 19.1. The van der Waals surface area contributed by atoms with Crippen molar-refractivity contribution in [3.8, 4) is 0 Å². The maximum absolute atomic E-state index is 13.7. The number of non-ortho nitro benzene ring substituents is 1. The van der Waals surface area contributed by atoms with E-state index in [1.807, 2.05) is 0 Å². The van der Waals surface area contributed by atoms with Crippen molar-refractivity contribution >= 4 is 5.69 Å². The molecule has 0 spiro atoms. The highest BCUT2D eigenvalue weighted by Crippen LogP contribution is 2.21. The molecule has 1 unspecified atom stereocenters. The lowest BCUT2D eigenvalue weighted by Crippen LogP contribution is -2.23. The summed E-state index contributed by atoms with van der Waals surface area (Å²) in [6.45, 7) is 2.91. The Morgan fingerprint density at radius 2 is 2.33 bits per heavy atom. The van der Waals surface area contributed by atoms with Crippen LogP contribution >= 0.6 is 0 Å². The van der Waals surface area contributed by atoms with E-state index in [0.717, 1.165) is 25.6 Å². The van der Waals surface area contributed by atoms with Gasteiger partial charge in [0.2, 0.25) is 0 Å². The van der Waals surface area contributed by atoms with Gasteiger partial charge in [0.05, 0.1) is 11.0 Å². The predicted molar refractivity (Wildman–Crippen MR) is 65.5 cm³/mol. The maximum atomic E-state index is 13.7. The second kappa shape index (κ2) is 5.41. The first-order chi connectivity index (χ1) is 8.60. The molecule has 0 aromatic heterocycles. The van der Waals surface area contributed by atoms with Crippen molar-refractivity contribution in [3.63, 3.8) is 0 Å². The Balaban J connectivity index is 2.04. The minimum Gasteiger partial charge on any atom is -0.330 e. The minimum absolute atomic E-state index is 0.211. The van der Waals surface area contributed by atoms with Crippen LogP contribution in [0.2, 0.25) is 0 Å². The van der Waals surface area contributed by atoms with E-state index in [0.29, 0.717) is 24.6 Å². The van der Waals surface area contributed by atoms with Crippen molar-refractivity contribution in [3.05, 3.63) is 39.7 Å². The number of nitrogens with zero attached hydrogens (tertiary/aromatic N) is 2. The van der Waals surface area contributed by atoms with Gasteiger partial charge in [0.25, 0.3) is 5.69 Å². The molecule has 2 N–H and O–H groups in total. The zero-order valence-electron chi connectivity index (χ0n) is 10.0. The van der Waals surface area contributed by atoms with E-state index in [1.165, 1.54) is 12.1 Å². The third-order valence-electron chi connectivity index (χ3n) is 3.34. The van der Waals surface area contributed by atoms with Crippen molar-refractivity contribution in [2.24, 2.45) is 11.7 Å². The maximum Gasteiger partial charge on any atom is 0.272 e. The Kier molecular flexibility index (Phi) is 3.88. The summed E-state index contributed by atoms with van der Waals surface area (Å²) < 4.78 is 13.7. The molecule has 6 heteroatoms. The van der Waals surface area contributed by atoms with E-state index in [4.69, 9.17) is 5.73 Å². The van der Waals surface area contributed by atoms with E-state index >= 15 is 0 Å². The van der Waals surface area contributed by atoms with Crippen LogP contribution in [-0.4, -0.2) is 29.5 Å². The summed E-state index contributed by atoms with van der Waals surface area (Å²) in [5, 5.41) is 10.5. The molecular formula is C12H16FN3O2. The van der Waals surface area contributed by atoms with Crippen LogP contribution in [0.3, 0.4) is 0 Å². The van der Waals surface area contributed by atoms with Crippen molar-refractivity contribution in [1.29, 1.82) is 0 Å². The van der Waals surface area contributed by atoms with Gasteiger partial charge in [-0.1, -0.05) is 0 Å². The fourth-order valence-electron chi connectivity index (χ4n) is 2.27. The third kappa shape index (κ3) is 2.83. The minimum atomic E-state index is -0.590. The zero-order valence-corrected chi connectivity index (χ0v) is 10.0. The van der Waals surface area contributed by atoms with Crippen LogP contribution in [0, 0.1) is 21.8 Å². The second-order valence-corrected chi connectivity index (χ2v) is 4.66. The quantitative estimate of drug-likeness (QED) is 0.652. The molecule has 0 amide bonds. The van der Waals surface area contributed by atoms with Crippen LogP contribution < -0.4 is 5.73 Å². The number of halogens is 1. The van der Waals surface area contributed by atoms with Gasteiger partial charge in [-0.05, 0) is 31.5 Å².